The van der Waals surface area contributed by atoms with Crippen molar-refractivity contribution in [2.24, 2.45) is 11.8 Å². The first-order valence-corrected chi connectivity index (χ1v) is 9.87. The van der Waals surface area contributed by atoms with Gasteiger partial charge < -0.3 is 14.7 Å². The molecule has 2 aliphatic rings. The number of carbonyl (C=O) groups excluding carboxylic acids is 3. The number of hydrogen-bond donors (Lipinski definition) is 2. The lowest BCUT2D eigenvalue weighted by Gasteiger charge is -2.40. The number of aliphatic hydroxyl groups excluding tert-OH is 1. The number of ether oxygens (including phenoxy) is 1. The molecule has 3 rings (SSSR count). The molecule has 2 aliphatic heterocycles. The van der Waals surface area contributed by atoms with Gasteiger partial charge in [-0.3, -0.25) is 19.7 Å². The summed E-state index contributed by atoms with van der Waals surface area (Å²) in [4.78, 5) is 38.8. The Morgan fingerprint density at radius 3 is 2.68 bits per heavy atom. The first-order valence-electron chi connectivity index (χ1n) is 9.87. The van der Waals surface area contributed by atoms with Crippen LogP contribution in [-0.4, -0.2) is 59.4 Å². The minimum Gasteiger partial charge on any atom is -0.460 e. The van der Waals surface area contributed by atoms with Crippen molar-refractivity contribution in [1.82, 2.24) is 10.2 Å². The monoisotopic (exact) mass is 388 g/mol. The number of rotatable bonds is 8. The van der Waals surface area contributed by atoms with E-state index in [2.05, 4.69) is 5.32 Å². The Bertz CT molecular complexity index is 708. The van der Waals surface area contributed by atoms with Gasteiger partial charge in [0.05, 0.1) is 19.1 Å². The molecule has 0 saturated carbocycles. The van der Waals surface area contributed by atoms with Gasteiger partial charge >= 0.3 is 5.97 Å². The highest BCUT2D eigenvalue weighted by molar-refractivity contribution is 5.92. The maximum atomic E-state index is 12.7. The van der Waals surface area contributed by atoms with Crippen LogP contribution in [-0.2, 0) is 25.7 Å². The van der Waals surface area contributed by atoms with Crippen LogP contribution >= 0.6 is 0 Å². The summed E-state index contributed by atoms with van der Waals surface area (Å²) in [6, 6.07) is 8.99. The van der Waals surface area contributed by atoms with E-state index in [9.17, 15) is 19.5 Å². The minimum absolute atomic E-state index is 0.00249. The van der Waals surface area contributed by atoms with E-state index in [1.807, 2.05) is 37.3 Å². The van der Waals surface area contributed by atoms with E-state index in [0.717, 1.165) is 18.4 Å². The molecule has 1 aromatic carbocycles. The lowest BCUT2D eigenvalue weighted by molar-refractivity contribution is -0.149. The van der Waals surface area contributed by atoms with Crippen LogP contribution in [0.3, 0.4) is 0 Å². The highest BCUT2D eigenvalue weighted by Gasteiger charge is 2.47. The van der Waals surface area contributed by atoms with Crippen LogP contribution in [0.1, 0.15) is 31.7 Å². The van der Waals surface area contributed by atoms with Crippen LogP contribution in [0.25, 0.3) is 0 Å². The van der Waals surface area contributed by atoms with Gasteiger partial charge in [0.25, 0.3) is 0 Å². The molecule has 7 heteroatoms. The van der Waals surface area contributed by atoms with Crippen molar-refractivity contribution >= 4 is 17.7 Å². The molecule has 0 aliphatic carbocycles. The van der Waals surface area contributed by atoms with E-state index in [0.29, 0.717) is 6.42 Å². The SMILES string of the molecule is CC1C(=O)N2C(CC[C@H]2C(=O)CNCC(=O)OCc2ccccc2)C[C@H]1CO. The fourth-order valence-electron chi connectivity index (χ4n) is 4.18. The van der Waals surface area contributed by atoms with Gasteiger partial charge in [-0.15, -0.1) is 0 Å². The number of Topliss-reactive ketones (excluding diaryl/α,β-unsaturated/α-hetero) is 1. The molecule has 1 aromatic rings. The molecule has 4 atom stereocenters. The predicted octanol–water partition coefficient (Wildman–Crippen LogP) is 0.896. The normalized spacial score (nSPS) is 26.8. The molecular weight excluding hydrogens is 360 g/mol. The number of hydrogen-bond acceptors (Lipinski definition) is 6. The summed E-state index contributed by atoms with van der Waals surface area (Å²) in [6.45, 7) is 2.00. The van der Waals surface area contributed by atoms with Crippen molar-refractivity contribution in [2.75, 3.05) is 19.7 Å². The van der Waals surface area contributed by atoms with Gasteiger partial charge in [0.2, 0.25) is 5.91 Å². The molecule has 0 spiro atoms. The van der Waals surface area contributed by atoms with E-state index in [1.54, 1.807) is 4.90 Å². The Hall–Kier alpha value is -2.25. The number of piperidine rings is 1. The van der Waals surface area contributed by atoms with Gasteiger partial charge in [0, 0.05) is 18.6 Å². The second kappa shape index (κ2) is 9.30. The summed E-state index contributed by atoms with van der Waals surface area (Å²) in [5.74, 6) is -0.847. The Balaban J connectivity index is 1.44. The number of carbonyl (C=O) groups is 3. The van der Waals surface area contributed by atoms with E-state index < -0.39 is 12.0 Å². The standard InChI is InChI=1S/C21H28N2O5/c1-14-16(12-24)9-17-7-8-18(23(17)21(14)27)19(25)10-22-11-20(26)28-13-15-5-3-2-4-6-15/h2-6,14,16-18,22,24H,7-13H2,1H3/t14?,16-,17?,18-/m0/s1. The van der Waals surface area contributed by atoms with Crippen molar-refractivity contribution in [2.45, 2.75) is 44.9 Å². The number of nitrogens with one attached hydrogen (secondary N) is 1. The number of ketones is 1. The molecule has 2 saturated heterocycles. The number of aliphatic hydroxyl groups is 1. The van der Waals surface area contributed by atoms with Gasteiger partial charge in [0.1, 0.15) is 6.61 Å². The molecule has 152 valence electrons. The molecule has 2 unspecified atom stereocenters. The topological polar surface area (TPSA) is 95.9 Å². The van der Waals surface area contributed by atoms with Crippen molar-refractivity contribution in [3.63, 3.8) is 0 Å². The summed E-state index contributed by atoms with van der Waals surface area (Å²) in [7, 11) is 0. The molecule has 2 heterocycles. The van der Waals surface area contributed by atoms with E-state index >= 15 is 0 Å². The van der Waals surface area contributed by atoms with Crippen molar-refractivity contribution < 1.29 is 24.2 Å². The van der Waals surface area contributed by atoms with Gasteiger partial charge in [-0.2, -0.15) is 0 Å². The maximum Gasteiger partial charge on any atom is 0.320 e. The highest BCUT2D eigenvalue weighted by atomic mass is 16.5. The maximum absolute atomic E-state index is 12.7. The molecule has 7 nitrogen and oxygen atoms in total. The third kappa shape index (κ3) is 4.59. The predicted molar refractivity (Wildman–Crippen MR) is 102 cm³/mol. The second-order valence-corrected chi connectivity index (χ2v) is 7.68. The number of amides is 1. The Morgan fingerprint density at radius 1 is 1.21 bits per heavy atom. The largest absolute Gasteiger partial charge is 0.460 e. The first kappa shape index (κ1) is 20.5. The zero-order valence-electron chi connectivity index (χ0n) is 16.2. The Kier molecular flexibility index (Phi) is 6.80. The molecule has 0 bridgehead atoms. The van der Waals surface area contributed by atoms with Crippen LogP contribution < -0.4 is 5.32 Å². The summed E-state index contributed by atoms with van der Waals surface area (Å²) >= 11 is 0. The fourth-order valence-corrected chi connectivity index (χ4v) is 4.18. The number of fused-ring (bicyclic) bond motifs is 1. The molecule has 28 heavy (non-hydrogen) atoms. The summed E-state index contributed by atoms with van der Waals surface area (Å²) < 4.78 is 5.18. The minimum atomic E-state index is -0.438. The molecule has 0 aromatic heterocycles. The van der Waals surface area contributed by atoms with E-state index in [1.165, 1.54) is 0 Å². The third-order valence-electron chi connectivity index (χ3n) is 5.85. The Labute approximate surface area is 165 Å². The zero-order chi connectivity index (χ0) is 20.1. The quantitative estimate of drug-likeness (QED) is 0.643. The van der Waals surface area contributed by atoms with Crippen molar-refractivity contribution in [1.29, 1.82) is 0 Å². The van der Waals surface area contributed by atoms with Crippen LogP contribution in [0.5, 0.6) is 0 Å². The zero-order valence-corrected chi connectivity index (χ0v) is 16.2. The number of nitrogens with zero attached hydrogens (tertiary/aromatic N) is 1. The van der Waals surface area contributed by atoms with Gasteiger partial charge in [-0.1, -0.05) is 37.3 Å². The van der Waals surface area contributed by atoms with Gasteiger partial charge in [0.15, 0.2) is 5.78 Å². The average Bonchev–Trinajstić information content (AvgIpc) is 3.14. The lowest BCUT2D eigenvalue weighted by Crippen LogP contribution is -2.54. The number of esters is 1. The van der Waals surface area contributed by atoms with E-state index in [-0.39, 0.29) is 55.9 Å². The Morgan fingerprint density at radius 2 is 1.96 bits per heavy atom. The van der Waals surface area contributed by atoms with Crippen molar-refractivity contribution in [3.8, 4) is 0 Å². The molecule has 2 N–H and O–H groups in total. The lowest BCUT2D eigenvalue weighted by atomic mass is 9.83. The van der Waals surface area contributed by atoms with Crippen LogP contribution in [0.2, 0.25) is 0 Å². The van der Waals surface area contributed by atoms with Gasteiger partial charge in [-0.05, 0) is 30.7 Å². The summed E-state index contributed by atoms with van der Waals surface area (Å²) in [6.07, 6.45) is 2.16. The average molecular weight is 388 g/mol. The van der Waals surface area contributed by atoms with Crippen LogP contribution in [0, 0.1) is 11.8 Å². The third-order valence-corrected chi connectivity index (χ3v) is 5.85. The van der Waals surface area contributed by atoms with Crippen LogP contribution in [0.4, 0.5) is 0 Å². The van der Waals surface area contributed by atoms with Crippen molar-refractivity contribution in [3.05, 3.63) is 35.9 Å². The molecule has 0 radical (unpaired) electrons. The molecular formula is C21H28N2O5. The fraction of sp³-hybridized carbons (Fsp3) is 0.571. The summed E-state index contributed by atoms with van der Waals surface area (Å²) in [5.41, 5.74) is 0.905. The van der Waals surface area contributed by atoms with Gasteiger partial charge in [-0.25, -0.2) is 0 Å². The molecule has 1 amide bonds. The highest BCUT2D eigenvalue weighted by Crippen LogP contribution is 2.37. The van der Waals surface area contributed by atoms with E-state index in [4.69, 9.17) is 4.74 Å². The summed E-state index contributed by atoms with van der Waals surface area (Å²) in [5, 5.41) is 12.3. The smallest absolute Gasteiger partial charge is 0.320 e. The second-order valence-electron chi connectivity index (χ2n) is 7.68. The number of benzene rings is 1. The molecule has 2 fully saturated rings. The first-order chi connectivity index (χ1) is 13.5. The van der Waals surface area contributed by atoms with Crippen LogP contribution in [0.15, 0.2) is 30.3 Å².